The predicted molar refractivity (Wildman–Crippen MR) is 79.4 cm³/mol. The molecule has 0 aliphatic carbocycles. The average molecular weight is 278 g/mol. The molecule has 0 radical (unpaired) electrons. The third-order valence-electron chi connectivity index (χ3n) is 4.01. The Kier molecular flexibility index (Phi) is 6.05. The minimum atomic E-state index is 0.204. The van der Waals surface area contributed by atoms with E-state index in [1.807, 2.05) is 19.3 Å². The molecule has 1 aromatic rings. The van der Waals surface area contributed by atoms with E-state index in [0.29, 0.717) is 12.3 Å². The summed E-state index contributed by atoms with van der Waals surface area (Å²) in [5.74, 6) is 1.96. The summed E-state index contributed by atoms with van der Waals surface area (Å²) >= 11 is 0. The summed E-state index contributed by atoms with van der Waals surface area (Å²) in [7, 11) is 0. The molecule has 1 amide bonds. The zero-order valence-electron chi connectivity index (χ0n) is 12.4. The number of hydrogen-bond acceptors (Lipinski definition) is 3. The summed E-state index contributed by atoms with van der Waals surface area (Å²) in [5.41, 5.74) is 0. The van der Waals surface area contributed by atoms with E-state index in [1.165, 1.54) is 6.42 Å². The van der Waals surface area contributed by atoms with Crippen molar-refractivity contribution < 1.29 is 4.79 Å². The molecule has 1 aliphatic heterocycles. The topological polar surface area (TPSA) is 59.0 Å². The van der Waals surface area contributed by atoms with Crippen LogP contribution in [0.5, 0.6) is 0 Å². The summed E-state index contributed by atoms with van der Waals surface area (Å²) < 4.78 is 2.15. The Morgan fingerprint density at radius 2 is 2.45 bits per heavy atom. The quantitative estimate of drug-likeness (QED) is 0.708. The maximum atomic E-state index is 11.7. The normalized spacial score (nSPS) is 18.4. The minimum Gasteiger partial charge on any atom is -0.356 e. The van der Waals surface area contributed by atoms with E-state index in [9.17, 15) is 4.79 Å². The van der Waals surface area contributed by atoms with Gasteiger partial charge in [0, 0.05) is 31.9 Å². The molecule has 1 aliphatic rings. The lowest BCUT2D eigenvalue weighted by molar-refractivity contribution is -0.121. The van der Waals surface area contributed by atoms with Gasteiger partial charge in [0.05, 0.1) is 0 Å². The number of amides is 1. The Morgan fingerprint density at radius 3 is 3.15 bits per heavy atom. The van der Waals surface area contributed by atoms with Crippen LogP contribution in [-0.4, -0.2) is 35.1 Å². The average Bonchev–Trinajstić information content (AvgIpc) is 3.08. The number of hydrogen-bond donors (Lipinski definition) is 2. The van der Waals surface area contributed by atoms with E-state index < -0.39 is 0 Å². The first-order valence-corrected chi connectivity index (χ1v) is 7.71. The smallest absolute Gasteiger partial charge is 0.220 e. The van der Waals surface area contributed by atoms with Crippen LogP contribution in [0.15, 0.2) is 12.4 Å². The largest absolute Gasteiger partial charge is 0.356 e. The summed E-state index contributed by atoms with van der Waals surface area (Å²) in [6.45, 7) is 5.97. The molecule has 1 saturated heterocycles. The number of imidazole rings is 1. The number of carbonyl (C=O) groups is 1. The Hall–Kier alpha value is -1.36. The van der Waals surface area contributed by atoms with Crippen molar-refractivity contribution >= 4 is 5.91 Å². The minimum absolute atomic E-state index is 0.204. The summed E-state index contributed by atoms with van der Waals surface area (Å²) in [5, 5.41) is 6.35. The van der Waals surface area contributed by atoms with Crippen LogP contribution in [0.3, 0.4) is 0 Å². The maximum absolute atomic E-state index is 11.7. The fraction of sp³-hybridized carbons (Fsp3) is 0.733. The van der Waals surface area contributed by atoms with Gasteiger partial charge >= 0.3 is 0 Å². The van der Waals surface area contributed by atoms with E-state index >= 15 is 0 Å². The van der Waals surface area contributed by atoms with Gasteiger partial charge in [0.1, 0.15) is 5.82 Å². The fourth-order valence-corrected chi connectivity index (χ4v) is 2.66. The number of aromatic nitrogens is 2. The van der Waals surface area contributed by atoms with Crippen molar-refractivity contribution in [2.75, 3.05) is 19.6 Å². The van der Waals surface area contributed by atoms with Crippen molar-refractivity contribution in [1.29, 1.82) is 0 Å². The van der Waals surface area contributed by atoms with Crippen LogP contribution in [0, 0.1) is 12.8 Å². The number of unbranched alkanes of at least 4 members (excludes halogenated alkanes) is 1. The molecule has 0 saturated carbocycles. The second-order valence-corrected chi connectivity index (χ2v) is 5.62. The van der Waals surface area contributed by atoms with Gasteiger partial charge in [-0.1, -0.05) is 0 Å². The van der Waals surface area contributed by atoms with Crippen LogP contribution in [0.25, 0.3) is 0 Å². The Balaban J connectivity index is 1.48. The highest BCUT2D eigenvalue weighted by Gasteiger charge is 2.15. The lowest BCUT2D eigenvalue weighted by Crippen LogP contribution is -2.25. The highest BCUT2D eigenvalue weighted by atomic mass is 16.1. The molecule has 5 heteroatoms. The van der Waals surface area contributed by atoms with Crippen molar-refractivity contribution in [2.45, 2.75) is 45.6 Å². The predicted octanol–water partition coefficient (Wildman–Crippen LogP) is 1.48. The van der Waals surface area contributed by atoms with E-state index in [4.69, 9.17) is 0 Å². The molecule has 2 N–H and O–H groups in total. The lowest BCUT2D eigenvalue weighted by Gasteiger charge is -2.09. The van der Waals surface area contributed by atoms with E-state index in [-0.39, 0.29) is 5.91 Å². The van der Waals surface area contributed by atoms with E-state index in [0.717, 1.165) is 51.3 Å². The summed E-state index contributed by atoms with van der Waals surface area (Å²) in [6.07, 6.45) is 8.84. The first kappa shape index (κ1) is 15.0. The lowest BCUT2D eigenvalue weighted by atomic mass is 10.0. The maximum Gasteiger partial charge on any atom is 0.220 e. The van der Waals surface area contributed by atoms with Gasteiger partial charge in [-0.2, -0.15) is 0 Å². The van der Waals surface area contributed by atoms with Crippen LogP contribution in [-0.2, 0) is 11.3 Å². The highest BCUT2D eigenvalue weighted by molar-refractivity contribution is 5.75. The first-order valence-electron chi connectivity index (χ1n) is 7.71. The van der Waals surface area contributed by atoms with Gasteiger partial charge in [-0.3, -0.25) is 4.79 Å². The van der Waals surface area contributed by atoms with E-state index in [1.54, 1.807) is 0 Å². The van der Waals surface area contributed by atoms with Crippen molar-refractivity contribution in [3.05, 3.63) is 18.2 Å². The Bertz CT molecular complexity index is 410. The van der Waals surface area contributed by atoms with Gasteiger partial charge in [0.2, 0.25) is 5.91 Å². The van der Waals surface area contributed by atoms with Crippen molar-refractivity contribution in [1.82, 2.24) is 20.2 Å². The van der Waals surface area contributed by atoms with Crippen LogP contribution >= 0.6 is 0 Å². The molecule has 20 heavy (non-hydrogen) atoms. The van der Waals surface area contributed by atoms with Gasteiger partial charge in [-0.05, 0) is 51.6 Å². The molecule has 2 heterocycles. The number of rotatable bonds is 8. The highest BCUT2D eigenvalue weighted by Crippen LogP contribution is 2.13. The number of aryl methyl sites for hydroxylation is 2. The molecule has 0 aromatic carbocycles. The number of nitrogens with one attached hydrogen (secondary N) is 2. The van der Waals surface area contributed by atoms with Gasteiger partial charge < -0.3 is 15.2 Å². The van der Waals surface area contributed by atoms with Crippen LogP contribution in [0.4, 0.5) is 0 Å². The second kappa shape index (κ2) is 8.04. The van der Waals surface area contributed by atoms with Crippen molar-refractivity contribution in [3.8, 4) is 0 Å². The fourth-order valence-electron chi connectivity index (χ4n) is 2.66. The molecule has 112 valence electrons. The van der Waals surface area contributed by atoms with Gasteiger partial charge in [-0.25, -0.2) is 4.98 Å². The zero-order chi connectivity index (χ0) is 14.2. The molecule has 1 atom stereocenters. The second-order valence-electron chi connectivity index (χ2n) is 5.62. The van der Waals surface area contributed by atoms with Crippen LogP contribution in [0.2, 0.25) is 0 Å². The first-order chi connectivity index (χ1) is 9.75. The molecule has 1 fully saturated rings. The molecule has 1 unspecified atom stereocenters. The standard InChI is InChI=1S/C15H26N4O/c1-13-17-9-11-19(13)10-3-2-7-18-15(20)5-4-14-6-8-16-12-14/h9,11,14,16H,2-8,10,12H2,1H3,(H,18,20). The Labute approximate surface area is 121 Å². The number of nitrogens with zero attached hydrogens (tertiary/aromatic N) is 2. The number of carbonyl (C=O) groups excluding carboxylic acids is 1. The monoisotopic (exact) mass is 278 g/mol. The molecule has 2 rings (SSSR count). The molecular formula is C15H26N4O. The van der Waals surface area contributed by atoms with Crippen molar-refractivity contribution in [3.63, 3.8) is 0 Å². The zero-order valence-corrected chi connectivity index (χ0v) is 12.4. The SMILES string of the molecule is Cc1nccn1CCCCNC(=O)CCC1CCNC1. The molecule has 1 aromatic heterocycles. The van der Waals surface area contributed by atoms with Gasteiger partial charge in [-0.15, -0.1) is 0 Å². The third-order valence-corrected chi connectivity index (χ3v) is 4.01. The van der Waals surface area contributed by atoms with Crippen LogP contribution < -0.4 is 10.6 Å². The molecular weight excluding hydrogens is 252 g/mol. The molecule has 0 spiro atoms. The van der Waals surface area contributed by atoms with Crippen molar-refractivity contribution in [2.24, 2.45) is 5.92 Å². The molecule has 0 bridgehead atoms. The third kappa shape index (κ3) is 4.96. The summed E-state index contributed by atoms with van der Waals surface area (Å²) in [6, 6.07) is 0. The van der Waals surface area contributed by atoms with Crippen LogP contribution in [0.1, 0.15) is 37.9 Å². The summed E-state index contributed by atoms with van der Waals surface area (Å²) in [4.78, 5) is 15.9. The van der Waals surface area contributed by atoms with Gasteiger partial charge in [0.15, 0.2) is 0 Å². The Morgan fingerprint density at radius 1 is 1.55 bits per heavy atom. The van der Waals surface area contributed by atoms with E-state index in [2.05, 4.69) is 20.2 Å². The van der Waals surface area contributed by atoms with Gasteiger partial charge in [0.25, 0.3) is 0 Å². The molecule has 5 nitrogen and oxygen atoms in total.